The fourth-order valence-corrected chi connectivity index (χ4v) is 2.73. The third-order valence-electron chi connectivity index (χ3n) is 4.21. The van der Waals surface area contributed by atoms with Gasteiger partial charge in [0.05, 0.1) is 16.7 Å². The highest BCUT2D eigenvalue weighted by Gasteiger charge is 2.24. The van der Waals surface area contributed by atoms with Crippen LogP contribution in [-0.2, 0) is 0 Å². The molecule has 0 saturated heterocycles. The Bertz CT molecular complexity index is 909. The van der Waals surface area contributed by atoms with E-state index in [2.05, 4.69) is 10.3 Å². The van der Waals surface area contributed by atoms with Crippen LogP contribution in [0.15, 0.2) is 42.7 Å². The van der Waals surface area contributed by atoms with Gasteiger partial charge in [0.15, 0.2) is 0 Å². The second-order valence-corrected chi connectivity index (χ2v) is 6.11. The van der Waals surface area contributed by atoms with Crippen LogP contribution in [-0.4, -0.2) is 21.5 Å². The number of aromatic nitrogens is 2. The third-order valence-corrected chi connectivity index (χ3v) is 4.21. The lowest BCUT2D eigenvalue weighted by Gasteiger charge is -2.11. The van der Waals surface area contributed by atoms with Gasteiger partial charge in [-0.2, -0.15) is 0 Å². The molecule has 1 amide bonds. The molecule has 3 N–H and O–H groups in total. The molecule has 0 unspecified atom stereocenters. The summed E-state index contributed by atoms with van der Waals surface area (Å²) in [6.45, 7) is 2.03. The quantitative estimate of drug-likeness (QED) is 0.731. The number of hydrogen-bond acceptors (Lipinski definition) is 3. The van der Waals surface area contributed by atoms with Gasteiger partial charge in [0.2, 0.25) is 0 Å². The average Bonchev–Trinajstić information content (AvgIpc) is 3.25. The SMILES string of the molecule is Cc1ccc(C(=O)NC2CC2)cc1-n1cnc2cc(N)ccc21. The standard InChI is InChI=1S/C18H18N4O/c1-11-2-3-12(18(23)21-14-5-6-14)8-17(11)22-10-20-15-9-13(19)4-7-16(15)22/h2-4,7-10,14H,5-6,19H2,1H3,(H,21,23). The van der Waals surface area contributed by atoms with E-state index >= 15 is 0 Å². The van der Waals surface area contributed by atoms with Crippen molar-refractivity contribution in [3.05, 3.63) is 53.9 Å². The molecule has 0 aliphatic heterocycles. The Kier molecular flexibility index (Phi) is 3.08. The van der Waals surface area contributed by atoms with Gasteiger partial charge < -0.3 is 11.1 Å². The van der Waals surface area contributed by atoms with E-state index in [1.165, 1.54) is 0 Å². The number of anilines is 1. The maximum absolute atomic E-state index is 12.3. The smallest absolute Gasteiger partial charge is 0.251 e. The second-order valence-electron chi connectivity index (χ2n) is 6.11. The van der Waals surface area contributed by atoms with Crippen molar-refractivity contribution in [3.8, 4) is 5.69 Å². The van der Waals surface area contributed by atoms with E-state index in [1.807, 2.05) is 47.9 Å². The number of carbonyl (C=O) groups excluding carboxylic acids is 1. The highest BCUT2D eigenvalue weighted by atomic mass is 16.1. The molecule has 4 rings (SSSR count). The monoisotopic (exact) mass is 306 g/mol. The van der Waals surface area contributed by atoms with E-state index in [1.54, 1.807) is 6.33 Å². The lowest BCUT2D eigenvalue weighted by molar-refractivity contribution is 0.0951. The molecule has 0 atom stereocenters. The molecular weight excluding hydrogens is 288 g/mol. The maximum Gasteiger partial charge on any atom is 0.251 e. The Morgan fingerprint density at radius 1 is 1.26 bits per heavy atom. The summed E-state index contributed by atoms with van der Waals surface area (Å²) in [6, 6.07) is 11.8. The number of imidazole rings is 1. The number of fused-ring (bicyclic) bond motifs is 1. The van der Waals surface area contributed by atoms with Gasteiger partial charge in [-0.05, 0) is 55.7 Å². The van der Waals surface area contributed by atoms with E-state index < -0.39 is 0 Å². The van der Waals surface area contributed by atoms with Crippen LogP contribution < -0.4 is 11.1 Å². The Hall–Kier alpha value is -2.82. The third kappa shape index (κ3) is 2.54. The van der Waals surface area contributed by atoms with E-state index in [4.69, 9.17) is 5.73 Å². The zero-order valence-corrected chi connectivity index (χ0v) is 12.9. The minimum Gasteiger partial charge on any atom is -0.399 e. The van der Waals surface area contributed by atoms with Gasteiger partial charge in [-0.1, -0.05) is 6.07 Å². The number of benzene rings is 2. The first-order chi connectivity index (χ1) is 11.1. The molecule has 1 aromatic heterocycles. The molecule has 1 saturated carbocycles. The maximum atomic E-state index is 12.3. The van der Waals surface area contributed by atoms with Crippen LogP contribution in [0.5, 0.6) is 0 Å². The first-order valence-electron chi connectivity index (χ1n) is 7.76. The van der Waals surface area contributed by atoms with Gasteiger partial charge in [0.25, 0.3) is 5.91 Å². The highest BCUT2D eigenvalue weighted by Crippen LogP contribution is 2.24. The number of nitrogen functional groups attached to an aromatic ring is 1. The largest absolute Gasteiger partial charge is 0.399 e. The number of carbonyl (C=O) groups is 1. The molecule has 0 spiro atoms. The minimum atomic E-state index is -0.0117. The topological polar surface area (TPSA) is 72.9 Å². The van der Waals surface area contributed by atoms with Crippen LogP contribution in [0, 0.1) is 6.92 Å². The molecule has 2 aromatic carbocycles. The van der Waals surface area contributed by atoms with Crippen LogP contribution >= 0.6 is 0 Å². The van der Waals surface area contributed by atoms with Crippen LogP contribution in [0.3, 0.4) is 0 Å². The van der Waals surface area contributed by atoms with Crippen LogP contribution in [0.25, 0.3) is 16.7 Å². The number of nitrogens with two attached hydrogens (primary N) is 1. The molecule has 0 bridgehead atoms. The molecule has 1 heterocycles. The van der Waals surface area contributed by atoms with Crippen molar-refractivity contribution in [1.29, 1.82) is 0 Å². The number of rotatable bonds is 3. The Balaban J connectivity index is 1.78. The average molecular weight is 306 g/mol. The Labute approximate surface area is 134 Å². The number of aryl methyl sites for hydroxylation is 1. The summed E-state index contributed by atoms with van der Waals surface area (Å²) in [4.78, 5) is 16.7. The summed E-state index contributed by atoms with van der Waals surface area (Å²) in [7, 11) is 0. The summed E-state index contributed by atoms with van der Waals surface area (Å²) < 4.78 is 2.00. The van der Waals surface area contributed by atoms with Crippen molar-refractivity contribution in [2.24, 2.45) is 0 Å². The summed E-state index contributed by atoms with van der Waals surface area (Å²) in [5.74, 6) is -0.0117. The predicted molar refractivity (Wildman–Crippen MR) is 90.7 cm³/mol. The van der Waals surface area contributed by atoms with Gasteiger partial charge in [0, 0.05) is 17.3 Å². The summed E-state index contributed by atoms with van der Waals surface area (Å²) in [5.41, 5.74) is 11.0. The normalized spacial score (nSPS) is 14.1. The molecule has 1 aliphatic carbocycles. The summed E-state index contributed by atoms with van der Waals surface area (Å²) >= 11 is 0. The Morgan fingerprint density at radius 3 is 2.87 bits per heavy atom. The highest BCUT2D eigenvalue weighted by molar-refractivity contribution is 5.95. The van der Waals surface area contributed by atoms with Crippen molar-refractivity contribution >= 4 is 22.6 Å². The van der Waals surface area contributed by atoms with Crippen molar-refractivity contribution < 1.29 is 4.79 Å². The molecule has 1 aliphatic rings. The predicted octanol–water partition coefficient (Wildman–Crippen LogP) is 2.81. The van der Waals surface area contributed by atoms with Crippen LogP contribution in [0.4, 0.5) is 5.69 Å². The van der Waals surface area contributed by atoms with Crippen molar-refractivity contribution in [1.82, 2.24) is 14.9 Å². The van der Waals surface area contributed by atoms with Gasteiger partial charge in [-0.3, -0.25) is 9.36 Å². The number of nitrogens with zero attached hydrogens (tertiary/aromatic N) is 2. The number of hydrogen-bond donors (Lipinski definition) is 2. The van der Waals surface area contributed by atoms with Crippen molar-refractivity contribution in [2.45, 2.75) is 25.8 Å². The lowest BCUT2D eigenvalue weighted by Crippen LogP contribution is -2.25. The summed E-state index contributed by atoms with van der Waals surface area (Å²) in [6.07, 6.45) is 3.94. The number of amides is 1. The summed E-state index contributed by atoms with van der Waals surface area (Å²) in [5, 5.41) is 3.03. The van der Waals surface area contributed by atoms with E-state index in [0.717, 1.165) is 35.1 Å². The molecule has 5 heteroatoms. The second kappa shape index (κ2) is 5.12. The van der Waals surface area contributed by atoms with Crippen LogP contribution in [0.1, 0.15) is 28.8 Å². The first kappa shape index (κ1) is 13.8. The fourth-order valence-electron chi connectivity index (χ4n) is 2.73. The zero-order valence-electron chi connectivity index (χ0n) is 12.9. The van der Waals surface area contributed by atoms with Gasteiger partial charge in [0.1, 0.15) is 6.33 Å². The first-order valence-corrected chi connectivity index (χ1v) is 7.76. The number of nitrogens with one attached hydrogen (secondary N) is 1. The molecular formula is C18H18N4O. The van der Waals surface area contributed by atoms with Crippen molar-refractivity contribution in [2.75, 3.05) is 5.73 Å². The molecule has 23 heavy (non-hydrogen) atoms. The van der Waals surface area contributed by atoms with Crippen molar-refractivity contribution in [3.63, 3.8) is 0 Å². The molecule has 3 aromatic rings. The van der Waals surface area contributed by atoms with Gasteiger partial charge >= 0.3 is 0 Å². The fraction of sp³-hybridized carbons (Fsp3) is 0.222. The minimum absolute atomic E-state index is 0.0117. The van der Waals surface area contributed by atoms with E-state index in [-0.39, 0.29) is 5.91 Å². The van der Waals surface area contributed by atoms with E-state index in [9.17, 15) is 4.79 Å². The van der Waals surface area contributed by atoms with Gasteiger partial charge in [-0.25, -0.2) is 4.98 Å². The molecule has 5 nitrogen and oxygen atoms in total. The molecule has 116 valence electrons. The Morgan fingerprint density at radius 2 is 2.09 bits per heavy atom. The molecule has 1 fully saturated rings. The zero-order chi connectivity index (χ0) is 16.0. The lowest BCUT2D eigenvalue weighted by atomic mass is 10.1. The van der Waals surface area contributed by atoms with Gasteiger partial charge in [-0.15, -0.1) is 0 Å². The van der Waals surface area contributed by atoms with Crippen LogP contribution in [0.2, 0.25) is 0 Å². The van der Waals surface area contributed by atoms with E-state index in [0.29, 0.717) is 17.3 Å². The molecule has 0 radical (unpaired) electrons.